The molecule has 1 aliphatic heterocycles. The molecule has 1 fully saturated rings. The van der Waals surface area contributed by atoms with E-state index in [1.54, 1.807) is 0 Å². The Morgan fingerprint density at radius 2 is 1.58 bits per heavy atom. The molecular weight excluding hydrogens is 296 g/mol. The van der Waals surface area contributed by atoms with Gasteiger partial charge in [0.15, 0.2) is 0 Å². The third-order valence-corrected chi connectivity index (χ3v) is 4.34. The number of rotatable bonds is 3. The molecule has 2 nitrogen and oxygen atoms in total. The maximum atomic E-state index is 5.83. The van der Waals surface area contributed by atoms with E-state index in [0.717, 1.165) is 0 Å². The zero-order valence-electron chi connectivity index (χ0n) is 14.8. The van der Waals surface area contributed by atoms with Crippen LogP contribution in [-0.2, 0) is 14.9 Å². The van der Waals surface area contributed by atoms with Gasteiger partial charge in [-0.1, -0.05) is 75.4 Å². The second-order valence-corrected chi connectivity index (χ2v) is 7.26. The van der Waals surface area contributed by atoms with E-state index >= 15 is 0 Å². The molecule has 1 unspecified atom stereocenters. The van der Waals surface area contributed by atoms with Crippen molar-refractivity contribution in [1.29, 1.82) is 0 Å². The van der Waals surface area contributed by atoms with Crippen molar-refractivity contribution >= 4 is 5.57 Å². The average molecular weight is 322 g/mol. The lowest BCUT2D eigenvalue weighted by Gasteiger charge is -2.22. The number of hydrogen-bond donors (Lipinski definition) is 0. The molecule has 0 aromatic heterocycles. The molecule has 0 spiro atoms. The van der Waals surface area contributed by atoms with E-state index in [-0.39, 0.29) is 11.5 Å². The van der Waals surface area contributed by atoms with Crippen LogP contribution < -0.4 is 0 Å². The van der Waals surface area contributed by atoms with Crippen molar-refractivity contribution in [3.63, 3.8) is 0 Å². The monoisotopic (exact) mass is 322 g/mol. The zero-order valence-corrected chi connectivity index (χ0v) is 14.8. The first-order valence-electron chi connectivity index (χ1n) is 8.61. The SMILES string of the molecule is CC(C)(C)c1ccc(/C(=C\C2COCCO2)c2ccccc2)cc1. The van der Waals surface area contributed by atoms with Crippen LogP contribution in [0.1, 0.15) is 37.5 Å². The van der Waals surface area contributed by atoms with E-state index in [9.17, 15) is 0 Å². The maximum Gasteiger partial charge on any atom is 0.0999 e. The lowest BCUT2D eigenvalue weighted by molar-refractivity contribution is -0.0673. The Hall–Kier alpha value is -1.90. The molecule has 0 radical (unpaired) electrons. The summed E-state index contributed by atoms with van der Waals surface area (Å²) in [4.78, 5) is 0. The fraction of sp³-hybridized carbons (Fsp3) is 0.364. The van der Waals surface area contributed by atoms with E-state index in [0.29, 0.717) is 19.8 Å². The number of ether oxygens (including phenoxy) is 2. The lowest BCUT2D eigenvalue weighted by Crippen LogP contribution is -2.27. The molecule has 3 rings (SSSR count). The van der Waals surface area contributed by atoms with Crippen LogP contribution in [0.25, 0.3) is 5.57 Å². The Morgan fingerprint density at radius 1 is 0.917 bits per heavy atom. The van der Waals surface area contributed by atoms with E-state index in [2.05, 4.69) is 75.4 Å². The van der Waals surface area contributed by atoms with Crippen molar-refractivity contribution in [3.05, 3.63) is 77.4 Å². The first-order valence-corrected chi connectivity index (χ1v) is 8.61. The molecule has 0 bridgehead atoms. The van der Waals surface area contributed by atoms with Gasteiger partial charge >= 0.3 is 0 Å². The van der Waals surface area contributed by atoms with Crippen LogP contribution in [0, 0.1) is 0 Å². The largest absolute Gasteiger partial charge is 0.376 e. The van der Waals surface area contributed by atoms with Crippen LogP contribution in [0.5, 0.6) is 0 Å². The molecule has 1 atom stereocenters. The van der Waals surface area contributed by atoms with Crippen LogP contribution in [0.4, 0.5) is 0 Å². The first-order chi connectivity index (χ1) is 11.5. The first kappa shape index (κ1) is 16.9. The second-order valence-electron chi connectivity index (χ2n) is 7.26. The lowest BCUT2D eigenvalue weighted by atomic mass is 9.85. The predicted molar refractivity (Wildman–Crippen MR) is 99.2 cm³/mol. The van der Waals surface area contributed by atoms with Crippen LogP contribution in [0.3, 0.4) is 0 Å². The van der Waals surface area contributed by atoms with E-state index in [1.807, 2.05) is 6.07 Å². The van der Waals surface area contributed by atoms with Gasteiger partial charge < -0.3 is 9.47 Å². The topological polar surface area (TPSA) is 18.5 Å². The highest BCUT2D eigenvalue weighted by Gasteiger charge is 2.16. The molecule has 0 N–H and O–H groups in total. The summed E-state index contributed by atoms with van der Waals surface area (Å²) in [5.41, 5.74) is 5.12. The van der Waals surface area contributed by atoms with Gasteiger partial charge in [0.2, 0.25) is 0 Å². The van der Waals surface area contributed by atoms with Crippen molar-refractivity contribution in [2.75, 3.05) is 19.8 Å². The average Bonchev–Trinajstić information content (AvgIpc) is 2.61. The summed E-state index contributed by atoms with van der Waals surface area (Å²) in [6, 6.07) is 19.4. The van der Waals surface area contributed by atoms with Crippen molar-refractivity contribution in [1.82, 2.24) is 0 Å². The fourth-order valence-electron chi connectivity index (χ4n) is 2.91. The summed E-state index contributed by atoms with van der Waals surface area (Å²) in [6.45, 7) is 8.68. The van der Waals surface area contributed by atoms with E-state index < -0.39 is 0 Å². The summed E-state index contributed by atoms with van der Waals surface area (Å²) >= 11 is 0. The van der Waals surface area contributed by atoms with Gasteiger partial charge in [0.05, 0.1) is 25.9 Å². The predicted octanol–water partition coefficient (Wildman–Crippen LogP) is 4.83. The van der Waals surface area contributed by atoms with Gasteiger partial charge in [-0.05, 0) is 33.8 Å². The van der Waals surface area contributed by atoms with Crippen LogP contribution >= 0.6 is 0 Å². The third-order valence-electron chi connectivity index (χ3n) is 4.34. The molecule has 0 amide bonds. The molecule has 2 heteroatoms. The van der Waals surface area contributed by atoms with Gasteiger partial charge in [0.1, 0.15) is 0 Å². The van der Waals surface area contributed by atoms with E-state index in [1.165, 1.54) is 22.3 Å². The molecule has 2 aromatic rings. The van der Waals surface area contributed by atoms with Crippen LogP contribution in [0.15, 0.2) is 60.7 Å². The molecule has 2 aromatic carbocycles. The smallest absolute Gasteiger partial charge is 0.0999 e. The Labute approximate surface area is 145 Å². The normalized spacial score (nSPS) is 19.3. The minimum absolute atomic E-state index is 0.0104. The van der Waals surface area contributed by atoms with Gasteiger partial charge in [-0.25, -0.2) is 0 Å². The molecule has 0 saturated carbocycles. The highest BCUT2D eigenvalue weighted by atomic mass is 16.6. The van der Waals surface area contributed by atoms with Gasteiger partial charge in [0.25, 0.3) is 0 Å². The second kappa shape index (κ2) is 7.33. The Balaban J connectivity index is 1.97. The highest BCUT2D eigenvalue weighted by Crippen LogP contribution is 2.28. The van der Waals surface area contributed by atoms with Gasteiger partial charge in [-0.15, -0.1) is 0 Å². The molecule has 1 saturated heterocycles. The number of benzene rings is 2. The summed E-state index contributed by atoms with van der Waals surface area (Å²) in [6.07, 6.45) is 2.21. The Kier molecular flexibility index (Phi) is 5.17. The van der Waals surface area contributed by atoms with Gasteiger partial charge in [-0.2, -0.15) is 0 Å². The molecular formula is C22H26O2. The van der Waals surface area contributed by atoms with Crippen molar-refractivity contribution < 1.29 is 9.47 Å². The molecule has 1 heterocycles. The van der Waals surface area contributed by atoms with Crippen LogP contribution in [0.2, 0.25) is 0 Å². The van der Waals surface area contributed by atoms with Crippen molar-refractivity contribution in [3.8, 4) is 0 Å². The summed E-state index contributed by atoms with van der Waals surface area (Å²) in [5.74, 6) is 0. The van der Waals surface area contributed by atoms with Crippen molar-refractivity contribution in [2.24, 2.45) is 0 Å². The molecule has 126 valence electrons. The minimum atomic E-state index is 0.0104. The summed E-state index contributed by atoms with van der Waals surface area (Å²) in [5, 5.41) is 0. The van der Waals surface area contributed by atoms with Gasteiger partial charge in [0, 0.05) is 0 Å². The van der Waals surface area contributed by atoms with E-state index in [4.69, 9.17) is 9.47 Å². The number of hydrogen-bond acceptors (Lipinski definition) is 2. The molecule has 0 aliphatic carbocycles. The summed E-state index contributed by atoms with van der Waals surface area (Å²) < 4.78 is 11.4. The standard InChI is InChI=1S/C22H26O2/c1-22(2,3)19-11-9-18(10-12-19)21(17-7-5-4-6-8-17)15-20-16-23-13-14-24-20/h4-12,15,20H,13-14,16H2,1-3H3/b21-15-. The molecule has 1 aliphatic rings. The Morgan fingerprint density at radius 3 is 2.17 bits per heavy atom. The zero-order chi connectivity index (χ0) is 17.0. The molecule has 24 heavy (non-hydrogen) atoms. The third kappa shape index (κ3) is 4.14. The highest BCUT2D eigenvalue weighted by molar-refractivity contribution is 5.80. The van der Waals surface area contributed by atoms with Crippen LogP contribution in [-0.4, -0.2) is 25.9 Å². The van der Waals surface area contributed by atoms with Gasteiger partial charge in [-0.3, -0.25) is 0 Å². The minimum Gasteiger partial charge on any atom is -0.376 e. The quantitative estimate of drug-likeness (QED) is 0.805. The maximum absolute atomic E-state index is 5.83. The van der Waals surface area contributed by atoms with Crippen molar-refractivity contribution in [2.45, 2.75) is 32.3 Å². The Bertz CT molecular complexity index is 672. The fourth-order valence-corrected chi connectivity index (χ4v) is 2.91. The summed E-state index contributed by atoms with van der Waals surface area (Å²) in [7, 11) is 0.